The van der Waals surface area contributed by atoms with Crippen LogP contribution in [0.2, 0.25) is 0 Å². The molecular formula is C11H9NO3S. The molecule has 1 amide bonds. The lowest BCUT2D eigenvalue weighted by atomic mass is 10.3. The minimum atomic E-state index is -0.531. The number of hydrogen-bond acceptors (Lipinski definition) is 4. The second-order valence-corrected chi connectivity index (χ2v) is 4.17. The summed E-state index contributed by atoms with van der Waals surface area (Å²) in [6.45, 7) is 0. The Morgan fingerprint density at radius 1 is 1.44 bits per heavy atom. The third kappa shape index (κ3) is 2.09. The largest absolute Gasteiger partial charge is 0.466 e. The molecule has 82 valence electrons. The van der Waals surface area contributed by atoms with Crippen molar-refractivity contribution >= 4 is 29.3 Å². The van der Waals surface area contributed by atoms with Gasteiger partial charge in [0.1, 0.15) is 0 Å². The molecule has 4 nitrogen and oxygen atoms in total. The van der Waals surface area contributed by atoms with E-state index in [-0.39, 0.29) is 5.91 Å². The van der Waals surface area contributed by atoms with Gasteiger partial charge in [-0.05, 0) is 12.1 Å². The van der Waals surface area contributed by atoms with Gasteiger partial charge in [0.05, 0.1) is 17.7 Å². The van der Waals surface area contributed by atoms with E-state index in [0.29, 0.717) is 4.91 Å². The van der Waals surface area contributed by atoms with Gasteiger partial charge in [-0.3, -0.25) is 4.79 Å². The molecule has 2 rings (SSSR count). The van der Waals surface area contributed by atoms with Gasteiger partial charge in [-0.1, -0.05) is 23.9 Å². The van der Waals surface area contributed by atoms with Gasteiger partial charge < -0.3 is 10.1 Å². The summed E-state index contributed by atoms with van der Waals surface area (Å²) in [5, 5.41) is 2.70. The average molecular weight is 235 g/mol. The Bertz CT molecular complexity index is 482. The normalized spacial score (nSPS) is 16.6. The summed E-state index contributed by atoms with van der Waals surface area (Å²) >= 11 is 1.26. The molecule has 0 spiro atoms. The van der Waals surface area contributed by atoms with Crippen LogP contribution < -0.4 is 5.32 Å². The van der Waals surface area contributed by atoms with Gasteiger partial charge in [-0.2, -0.15) is 0 Å². The number of anilines is 1. The first-order chi connectivity index (χ1) is 7.70. The molecule has 0 radical (unpaired) electrons. The molecule has 0 saturated heterocycles. The predicted octanol–water partition coefficient (Wildman–Crippen LogP) is 1.79. The molecule has 1 N–H and O–H groups in total. The third-order valence-electron chi connectivity index (χ3n) is 2.03. The van der Waals surface area contributed by atoms with Crippen molar-refractivity contribution in [3.8, 4) is 0 Å². The Hall–Kier alpha value is -1.75. The molecule has 0 saturated carbocycles. The molecule has 5 heteroatoms. The number of hydrogen-bond donors (Lipinski definition) is 1. The van der Waals surface area contributed by atoms with Crippen molar-refractivity contribution in [1.29, 1.82) is 0 Å². The monoisotopic (exact) mass is 235 g/mol. The number of para-hydroxylation sites is 1. The fourth-order valence-electron chi connectivity index (χ4n) is 1.27. The van der Waals surface area contributed by atoms with E-state index < -0.39 is 5.97 Å². The lowest BCUT2D eigenvalue weighted by Gasteiger charge is -2.17. The van der Waals surface area contributed by atoms with E-state index in [1.165, 1.54) is 24.9 Å². The lowest BCUT2D eigenvalue weighted by molar-refractivity contribution is -0.135. The minimum absolute atomic E-state index is 0.283. The number of methoxy groups -OCH3 is 1. The maximum Gasteiger partial charge on any atom is 0.331 e. The number of amides is 1. The van der Waals surface area contributed by atoms with Crippen molar-refractivity contribution in [2.45, 2.75) is 4.90 Å². The number of esters is 1. The van der Waals surface area contributed by atoms with E-state index in [2.05, 4.69) is 10.1 Å². The van der Waals surface area contributed by atoms with Crippen LogP contribution in [0.3, 0.4) is 0 Å². The third-order valence-corrected chi connectivity index (χ3v) is 3.13. The first-order valence-corrected chi connectivity index (χ1v) is 5.40. The number of carbonyl (C=O) groups is 2. The van der Waals surface area contributed by atoms with Crippen LogP contribution in [0.5, 0.6) is 0 Å². The summed E-state index contributed by atoms with van der Waals surface area (Å²) in [5.41, 5.74) is 0.763. The van der Waals surface area contributed by atoms with E-state index in [9.17, 15) is 9.59 Å². The Morgan fingerprint density at radius 3 is 2.94 bits per heavy atom. The molecular weight excluding hydrogens is 226 g/mol. The van der Waals surface area contributed by atoms with Crippen LogP contribution in [0.25, 0.3) is 0 Å². The molecule has 0 unspecified atom stereocenters. The zero-order valence-electron chi connectivity index (χ0n) is 8.52. The predicted molar refractivity (Wildman–Crippen MR) is 61.0 cm³/mol. The van der Waals surface area contributed by atoms with Gasteiger partial charge >= 0.3 is 5.97 Å². The molecule has 0 atom stereocenters. The standard InChI is InChI=1S/C11H9NO3S/c1-15-10(13)6-9-11(14)12-7-4-2-3-5-8(7)16-9/h2-6H,1H3,(H,12,14)/b9-6+. The molecule has 0 aromatic heterocycles. The van der Waals surface area contributed by atoms with E-state index in [4.69, 9.17) is 0 Å². The molecule has 1 aliphatic rings. The highest BCUT2D eigenvalue weighted by molar-refractivity contribution is 8.04. The second kappa shape index (κ2) is 4.40. The van der Waals surface area contributed by atoms with Crippen LogP contribution >= 0.6 is 11.8 Å². The number of thioether (sulfide) groups is 1. The highest BCUT2D eigenvalue weighted by Crippen LogP contribution is 2.37. The van der Waals surface area contributed by atoms with E-state index in [1.54, 1.807) is 0 Å². The zero-order valence-corrected chi connectivity index (χ0v) is 9.34. The van der Waals surface area contributed by atoms with Crippen LogP contribution in [0, 0.1) is 0 Å². The summed E-state index contributed by atoms with van der Waals surface area (Å²) < 4.78 is 4.48. The van der Waals surface area contributed by atoms with Crippen molar-refractivity contribution in [2.75, 3.05) is 12.4 Å². The quantitative estimate of drug-likeness (QED) is 0.595. The number of rotatable bonds is 1. The van der Waals surface area contributed by atoms with Crippen LogP contribution in [-0.4, -0.2) is 19.0 Å². The Labute approximate surface area is 96.7 Å². The summed E-state index contributed by atoms with van der Waals surface area (Å²) in [7, 11) is 1.28. The Balaban J connectivity index is 2.31. The van der Waals surface area contributed by atoms with Gasteiger partial charge in [0, 0.05) is 11.0 Å². The maximum absolute atomic E-state index is 11.6. The van der Waals surface area contributed by atoms with E-state index in [0.717, 1.165) is 10.6 Å². The van der Waals surface area contributed by atoms with Gasteiger partial charge in [-0.15, -0.1) is 0 Å². The number of fused-ring (bicyclic) bond motifs is 1. The van der Waals surface area contributed by atoms with E-state index in [1.807, 2.05) is 24.3 Å². The van der Waals surface area contributed by atoms with Crippen molar-refractivity contribution in [1.82, 2.24) is 0 Å². The number of carbonyl (C=O) groups excluding carboxylic acids is 2. The summed E-state index contributed by atoms with van der Waals surface area (Å²) in [5.74, 6) is -0.814. The number of benzene rings is 1. The van der Waals surface area contributed by atoms with Gasteiger partial charge in [0.25, 0.3) is 5.91 Å². The molecule has 1 heterocycles. The molecule has 0 aliphatic carbocycles. The summed E-state index contributed by atoms with van der Waals surface area (Å²) in [6.07, 6.45) is 1.19. The maximum atomic E-state index is 11.6. The number of ether oxygens (including phenoxy) is 1. The lowest BCUT2D eigenvalue weighted by Crippen LogP contribution is -2.18. The van der Waals surface area contributed by atoms with Crippen LogP contribution in [0.1, 0.15) is 0 Å². The summed E-state index contributed by atoms with van der Waals surface area (Å²) in [4.78, 5) is 23.9. The minimum Gasteiger partial charge on any atom is -0.466 e. The topological polar surface area (TPSA) is 55.4 Å². The fourth-order valence-corrected chi connectivity index (χ4v) is 2.18. The molecule has 1 aromatic rings. The molecule has 1 aromatic carbocycles. The Kier molecular flexibility index (Phi) is 2.96. The van der Waals surface area contributed by atoms with Crippen LogP contribution in [0.4, 0.5) is 5.69 Å². The molecule has 1 aliphatic heterocycles. The number of nitrogens with one attached hydrogen (secondary N) is 1. The van der Waals surface area contributed by atoms with Gasteiger partial charge in [0.15, 0.2) is 0 Å². The summed E-state index contributed by atoms with van der Waals surface area (Å²) in [6, 6.07) is 7.41. The SMILES string of the molecule is COC(=O)/C=C1/Sc2ccccc2NC1=O. The van der Waals surface area contributed by atoms with Crippen LogP contribution in [-0.2, 0) is 14.3 Å². The highest BCUT2D eigenvalue weighted by Gasteiger charge is 2.21. The first kappa shape index (κ1) is 10.8. The highest BCUT2D eigenvalue weighted by atomic mass is 32.2. The first-order valence-electron chi connectivity index (χ1n) is 4.58. The fraction of sp³-hybridized carbons (Fsp3) is 0.0909. The van der Waals surface area contributed by atoms with Crippen molar-refractivity contribution in [2.24, 2.45) is 0 Å². The molecule has 0 bridgehead atoms. The zero-order chi connectivity index (χ0) is 11.5. The van der Waals surface area contributed by atoms with Gasteiger partial charge in [-0.25, -0.2) is 4.79 Å². The average Bonchev–Trinajstić information content (AvgIpc) is 2.30. The smallest absolute Gasteiger partial charge is 0.331 e. The van der Waals surface area contributed by atoms with Crippen LogP contribution in [0.15, 0.2) is 40.1 Å². The van der Waals surface area contributed by atoms with E-state index >= 15 is 0 Å². The Morgan fingerprint density at radius 2 is 2.19 bits per heavy atom. The van der Waals surface area contributed by atoms with Gasteiger partial charge in [0.2, 0.25) is 0 Å². The van der Waals surface area contributed by atoms with Crippen molar-refractivity contribution in [3.05, 3.63) is 35.2 Å². The molecule has 0 fully saturated rings. The van der Waals surface area contributed by atoms with Crippen molar-refractivity contribution in [3.63, 3.8) is 0 Å². The van der Waals surface area contributed by atoms with Crippen molar-refractivity contribution < 1.29 is 14.3 Å². The molecule has 16 heavy (non-hydrogen) atoms. The second-order valence-electron chi connectivity index (χ2n) is 3.08.